The number of phenolic OH excluding ortho intramolecular Hbond substituents is 1. The van der Waals surface area contributed by atoms with Crippen LogP contribution < -0.4 is 19.1 Å². The van der Waals surface area contributed by atoms with Crippen LogP contribution in [0.4, 0.5) is 5.69 Å². The van der Waals surface area contributed by atoms with E-state index in [0.717, 1.165) is 65.7 Å². The van der Waals surface area contributed by atoms with Crippen LogP contribution in [0.25, 0.3) is 0 Å². The molecule has 0 aliphatic rings. The smallest absolute Gasteiger partial charge is 0.123 e. The molecular weight excluding hydrogens is 980 g/mol. The molecule has 72 heavy (non-hydrogen) atoms. The Bertz CT molecular complexity index is 2490. The molecule has 0 aromatic heterocycles. The number of ether oxygens (including phenoxy) is 3. The zero-order chi connectivity index (χ0) is 56.1. The van der Waals surface area contributed by atoms with Crippen molar-refractivity contribution in [3.8, 4) is 23.0 Å². The SMILES string of the molecule is CCOc1cc(C)c(Cl)cc1C(C)(C)C.CCOc1cc(CO)c(Cl)cc1C(C)(C)C.CN(C)c1ccc(Cl)cc1C(C)(C)C.COc1cc(C)c(Cl)cc1C(C)(C)C.Cc1cc(C(C)(C)C)cc(C)c1O. The Balaban J connectivity index is 0.000000451. The zero-order valence-electron chi connectivity index (χ0n) is 48.6. The number of methoxy groups -OCH3 is 1. The Morgan fingerprint density at radius 3 is 1.19 bits per heavy atom. The summed E-state index contributed by atoms with van der Waals surface area (Å²) in [7, 11) is 5.80. The van der Waals surface area contributed by atoms with Crippen molar-refractivity contribution in [2.45, 2.75) is 179 Å². The van der Waals surface area contributed by atoms with E-state index in [4.69, 9.17) is 65.7 Å². The molecule has 6 nitrogen and oxygen atoms in total. The van der Waals surface area contributed by atoms with Crippen LogP contribution in [0.1, 0.15) is 173 Å². The van der Waals surface area contributed by atoms with Crippen molar-refractivity contribution in [1.82, 2.24) is 0 Å². The molecule has 0 saturated carbocycles. The normalized spacial score (nSPS) is 11.6. The average molecular weight is 1070 g/mol. The van der Waals surface area contributed by atoms with E-state index in [1.165, 1.54) is 22.4 Å². The third-order valence-corrected chi connectivity index (χ3v) is 13.1. The van der Waals surface area contributed by atoms with Crippen molar-refractivity contribution >= 4 is 52.1 Å². The van der Waals surface area contributed by atoms with Crippen LogP contribution in [0.2, 0.25) is 20.1 Å². The van der Waals surface area contributed by atoms with Crippen LogP contribution in [-0.4, -0.2) is 44.6 Å². The molecule has 0 heterocycles. The minimum atomic E-state index is -0.0661. The minimum absolute atomic E-state index is 0.0257. The van der Waals surface area contributed by atoms with Gasteiger partial charge in [-0.1, -0.05) is 162 Å². The van der Waals surface area contributed by atoms with Gasteiger partial charge in [0.1, 0.15) is 23.0 Å². The summed E-state index contributed by atoms with van der Waals surface area (Å²) in [5.41, 5.74) is 12.3. The van der Waals surface area contributed by atoms with Gasteiger partial charge >= 0.3 is 0 Å². The molecule has 10 heteroatoms. The highest BCUT2D eigenvalue weighted by Crippen LogP contribution is 2.39. The summed E-state index contributed by atoms with van der Waals surface area (Å²) in [5, 5.41) is 21.8. The van der Waals surface area contributed by atoms with Gasteiger partial charge in [0.15, 0.2) is 0 Å². The fourth-order valence-electron chi connectivity index (χ4n) is 7.39. The van der Waals surface area contributed by atoms with Gasteiger partial charge < -0.3 is 29.3 Å². The summed E-state index contributed by atoms with van der Waals surface area (Å²) >= 11 is 24.3. The second-order valence-electron chi connectivity index (χ2n) is 23.6. The lowest BCUT2D eigenvalue weighted by atomic mass is 9.85. The third kappa shape index (κ3) is 20.5. The molecule has 0 radical (unpaired) electrons. The van der Waals surface area contributed by atoms with E-state index in [9.17, 15) is 5.11 Å². The number of aliphatic hydroxyl groups is 1. The lowest BCUT2D eigenvalue weighted by Crippen LogP contribution is -2.19. The largest absolute Gasteiger partial charge is 0.507 e. The zero-order valence-corrected chi connectivity index (χ0v) is 51.6. The molecule has 0 aliphatic carbocycles. The average Bonchev–Trinajstić information content (AvgIpc) is 3.24. The van der Waals surface area contributed by atoms with Crippen LogP contribution in [0.5, 0.6) is 23.0 Å². The number of phenols is 1. The summed E-state index contributed by atoms with van der Waals surface area (Å²) in [4.78, 5) is 2.12. The van der Waals surface area contributed by atoms with Gasteiger partial charge in [-0.3, -0.25) is 0 Å². The number of halogens is 4. The van der Waals surface area contributed by atoms with Gasteiger partial charge in [-0.25, -0.2) is 0 Å². The van der Waals surface area contributed by atoms with Crippen LogP contribution >= 0.6 is 46.4 Å². The van der Waals surface area contributed by atoms with E-state index in [1.54, 1.807) is 7.11 Å². The van der Waals surface area contributed by atoms with Gasteiger partial charge in [0, 0.05) is 56.6 Å². The van der Waals surface area contributed by atoms with Crippen molar-refractivity contribution < 1.29 is 24.4 Å². The predicted octanol–water partition coefficient (Wildman–Crippen LogP) is 18.8. The van der Waals surface area contributed by atoms with E-state index in [1.807, 2.05) is 84.0 Å². The second-order valence-corrected chi connectivity index (χ2v) is 25.3. The maximum Gasteiger partial charge on any atom is 0.123 e. The van der Waals surface area contributed by atoms with Gasteiger partial charge in [0.05, 0.1) is 26.9 Å². The Morgan fingerprint density at radius 1 is 0.472 bits per heavy atom. The molecule has 0 amide bonds. The van der Waals surface area contributed by atoms with E-state index in [-0.39, 0.29) is 33.7 Å². The molecule has 0 unspecified atom stereocenters. The number of aromatic hydroxyl groups is 1. The van der Waals surface area contributed by atoms with Crippen LogP contribution in [0.3, 0.4) is 0 Å². The Labute approximate surface area is 457 Å². The summed E-state index contributed by atoms with van der Waals surface area (Å²) in [5.74, 6) is 3.10. The number of hydrogen-bond acceptors (Lipinski definition) is 6. The number of anilines is 1. The number of hydrogen-bond donors (Lipinski definition) is 2. The molecular formula is C62H91Cl4NO5. The van der Waals surface area contributed by atoms with Crippen molar-refractivity contribution in [3.63, 3.8) is 0 Å². The molecule has 5 aromatic carbocycles. The summed E-state index contributed by atoms with van der Waals surface area (Å²) < 4.78 is 16.6. The van der Waals surface area contributed by atoms with Crippen LogP contribution in [0, 0.1) is 27.7 Å². The van der Waals surface area contributed by atoms with E-state index in [0.29, 0.717) is 29.5 Å². The van der Waals surface area contributed by atoms with E-state index in [2.05, 4.69) is 147 Å². The fourth-order valence-corrected chi connectivity index (χ4v) is 8.11. The number of nitrogens with zero attached hydrogens (tertiary/aromatic N) is 1. The number of benzene rings is 5. The molecule has 0 spiro atoms. The van der Waals surface area contributed by atoms with Gasteiger partial charge in [-0.15, -0.1) is 0 Å². The maximum atomic E-state index is 9.60. The number of aliphatic hydroxyl groups excluding tert-OH is 1. The van der Waals surface area contributed by atoms with Crippen molar-refractivity contribution in [2.75, 3.05) is 39.3 Å². The quantitative estimate of drug-likeness (QED) is 0.169. The lowest BCUT2D eigenvalue weighted by molar-refractivity contribution is 0.279. The molecule has 2 N–H and O–H groups in total. The summed E-state index contributed by atoms with van der Waals surface area (Å²) in [6, 6.07) is 21.9. The summed E-state index contributed by atoms with van der Waals surface area (Å²) in [6.07, 6.45) is 0. The standard InChI is InChI=1S/C13H19ClO2.C13H19ClO.C12H18ClN.C12H17ClO.C12H18O/c1-5-16-12-6-9(8-15)11(14)7-10(12)13(2,3)4;1-6-15-12-7-9(2)11(14)8-10(12)13(3,4)5;1-12(2,3)10-8-9(13)6-7-11(10)14(4)5;1-8-6-11(14-5)9(7-10(8)13)12(2,3)4;1-8-6-10(12(3,4)5)7-9(2)11(8)13/h6-7,15H,5,8H2,1-4H3;7-8H,6H2,1-5H3;6-8H,1-5H3;6-7H,1-5H3;6-7,13H,1-5H3. The van der Waals surface area contributed by atoms with Gasteiger partial charge in [-0.2, -0.15) is 0 Å². The highest BCUT2D eigenvalue weighted by Gasteiger charge is 2.24. The van der Waals surface area contributed by atoms with Crippen LogP contribution in [-0.2, 0) is 33.7 Å². The Hall–Kier alpha value is -3.78. The Kier molecular flexibility index (Phi) is 25.5. The monoisotopic (exact) mass is 1070 g/mol. The second kappa shape index (κ2) is 27.7. The highest BCUT2D eigenvalue weighted by atomic mass is 35.5. The van der Waals surface area contributed by atoms with Gasteiger partial charge in [0.25, 0.3) is 0 Å². The topological polar surface area (TPSA) is 71.4 Å². The first kappa shape index (κ1) is 66.2. The summed E-state index contributed by atoms with van der Waals surface area (Å²) in [6.45, 7) is 45.4. The fraction of sp³-hybridized carbons (Fsp3) is 0.516. The highest BCUT2D eigenvalue weighted by molar-refractivity contribution is 6.32. The van der Waals surface area contributed by atoms with Gasteiger partial charge in [0.2, 0.25) is 0 Å². The maximum absolute atomic E-state index is 9.60. The number of aryl methyl sites for hydroxylation is 4. The molecule has 402 valence electrons. The molecule has 0 saturated heterocycles. The minimum Gasteiger partial charge on any atom is -0.507 e. The first-order chi connectivity index (χ1) is 32.8. The lowest BCUT2D eigenvalue weighted by Gasteiger charge is -2.26. The van der Waals surface area contributed by atoms with Crippen molar-refractivity contribution in [2.24, 2.45) is 0 Å². The molecule has 0 bridgehead atoms. The van der Waals surface area contributed by atoms with Crippen molar-refractivity contribution in [3.05, 3.63) is 142 Å². The number of rotatable bonds is 7. The van der Waals surface area contributed by atoms with Gasteiger partial charge in [-0.05, 0) is 162 Å². The molecule has 5 rings (SSSR count). The molecule has 0 atom stereocenters. The third-order valence-electron chi connectivity index (χ3n) is 11.7. The van der Waals surface area contributed by atoms with E-state index >= 15 is 0 Å². The first-order valence-corrected chi connectivity index (χ1v) is 26.4. The first-order valence-electron chi connectivity index (χ1n) is 24.9. The predicted molar refractivity (Wildman–Crippen MR) is 316 cm³/mol. The molecule has 5 aromatic rings. The molecule has 0 aliphatic heterocycles. The Morgan fingerprint density at radius 2 is 0.847 bits per heavy atom. The van der Waals surface area contributed by atoms with E-state index < -0.39 is 0 Å². The van der Waals surface area contributed by atoms with Crippen LogP contribution in [0.15, 0.2) is 66.7 Å². The molecule has 0 fully saturated rings. The van der Waals surface area contributed by atoms with Crippen molar-refractivity contribution in [1.29, 1.82) is 0 Å².